The Bertz CT molecular complexity index is 502. The number of nitrogens with one attached hydrogen (secondary N) is 1. The van der Waals surface area contributed by atoms with Crippen molar-refractivity contribution in [3.8, 4) is 0 Å². The first-order chi connectivity index (χ1) is 7.65. The zero-order valence-electron chi connectivity index (χ0n) is 9.87. The maximum absolute atomic E-state index is 10.00. The van der Waals surface area contributed by atoms with Crippen LogP contribution in [0.4, 0.5) is 0 Å². The molecule has 0 radical (unpaired) electrons. The van der Waals surface area contributed by atoms with Crippen molar-refractivity contribution in [1.82, 2.24) is 5.32 Å². The summed E-state index contributed by atoms with van der Waals surface area (Å²) in [5.74, 6) is 0.916. The SMILES string of the molecule is CNCC(O)c1cccc2c(C)c(C)oc12. The molecule has 2 rings (SSSR count). The molecule has 1 heterocycles. The van der Waals surface area contributed by atoms with Gasteiger partial charge in [0.2, 0.25) is 0 Å². The molecule has 3 nitrogen and oxygen atoms in total. The topological polar surface area (TPSA) is 45.4 Å². The molecule has 0 fully saturated rings. The van der Waals surface area contributed by atoms with Crippen LogP contribution >= 0.6 is 0 Å². The van der Waals surface area contributed by atoms with E-state index in [1.54, 1.807) is 0 Å². The molecule has 1 aromatic heterocycles. The number of para-hydroxylation sites is 1. The molecule has 1 aromatic carbocycles. The van der Waals surface area contributed by atoms with E-state index in [0.29, 0.717) is 6.54 Å². The van der Waals surface area contributed by atoms with Crippen LogP contribution in [0.5, 0.6) is 0 Å². The van der Waals surface area contributed by atoms with Crippen LogP contribution < -0.4 is 5.32 Å². The summed E-state index contributed by atoms with van der Waals surface area (Å²) in [7, 11) is 1.82. The first-order valence-electron chi connectivity index (χ1n) is 5.46. The maximum Gasteiger partial charge on any atom is 0.140 e. The lowest BCUT2D eigenvalue weighted by atomic mass is 10.0. The first-order valence-corrected chi connectivity index (χ1v) is 5.46. The molecule has 3 heteroatoms. The zero-order valence-corrected chi connectivity index (χ0v) is 9.87. The summed E-state index contributed by atoms with van der Waals surface area (Å²) in [6.45, 7) is 4.51. The monoisotopic (exact) mass is 219 g/mol. The third kappa shape index (κ3) is 1.72. The molecule has 0 aliphatic carbocycles. The Kier molecular flexibility index (Phi) is 2.99. The predicted octanol–water partition coefficient (Wildman–Crippen LogP) is 2.30. The second-order valence-electron chi connectivity index (χ2n) is 4.08. The van der Waals surface area contributed by atoms with Gasteiger partial charge in [-0.05, 0) is 26.5 Å². The predicted molar refractivity (Wildman–Crippen MR) is 64.6 cm³/mol. The molecule has 0 aliphatic rings. The highest BCUT2D eigenvalue weighted by Crippen LogP contribution is 2.30. The van der Waals surface area contributed by atoms with E-state index in [-0.39, 0.29) is 0 Å². The number of hydrogen-bond acceptors (Lipinski definition) is 3. The number of furan rings is 1. The number of benzene rings is 1. The zero-order chi connectivity index (χ0) is 11.7. The number of rotatable bonds is 3. The molecule has 1 atom stereocenters. The van der Waals surface area contributed by atoms with E-state index in [0.717, 1.165) is 27.9 Å². The molecule has 0 saturated carbocycles. The lowest BCUT2D eigenvalue weighted by Gasteiger charge is -2.10. The van der Waals surface area contributed by atoms with Crippen molar-refractivity contribution in [2.75, 3.05) is 13.6 Å². The fourth-order valence-electron chi connectivity index (χ4n) is 1.95. The number of likely N-dealkylation sites (N-methyl/N-ethyl adjacent to an activating group) is 1. The number of aliphatic hydroxyl groups is 1. The first kappa shape index (κ1) is 11.2. The Morgan fingerprint density at radius 3 is 2.81 bits per heavy atom. The van der Waals surface area contributed by atoms with E-state index in [2.05, 4.69) is 5.32 Å². The Morgan fingerprint density at radius 1 is 1.38 bits per heavy atom. The van der Waals surface area contributed by atoms with Crippen LogP contribution in [-0.4, -0.2) is 18.7 Å². The maximum atomic E-state index is 10.00. The molecule has 0 amide bonds. The summed E-state index contributed by atoms with van der Waals surface area (Å²) in [5.41, 5.74) is 2.80. The minimum atomic E-state index is -0.529. The normalized spacial score (nSPS) is 13.2. The van der Waals surface area contributed by atoms with E-state index in [4.69, 9.17) is 4.42 Å². The molecule has 0 saturated heterocycles. The molecule has 16 heavy (non-hydrogen) atoms. The van der Waals surface area contributed by atoms with Gasteiger partial charge in [0.15, 0.2) is 0 Å². The van der Waals surface area contributed by atoms with Crippen molar-refractivity contribution in [3.63, 3.8) is 0 Å². The summed E-state index contributed by atoms with van der Waals surface area (Å²) in [6, 6.07) is 5.89. The van der Waals surface area contributed by atoms with Gasteiger partial charge in [-0.15, -0.1) is 0 Å². The summed E-state index contributed by atoms with van der Waals surface area (Å²) in [5, 5.41) is 14.0. The van der Waals surface area contributed by atoms with E-state index in [9.17, 15) is 5.11 Å². The lowest BCUT2D eigenvalue weighted by Crippen LogP contribution is -2.16. The number of aliphatic hydroxyl groups excluding tert-OH is 1. The van der Waals surface area contributed by atoms with Crippen LogP contribution in [-0.2, 0) is 0 Å². The molecule has 2 N–H and O–H groups in total. The van der Waals surface area contributed by atoms with Gasteiger partial charge >= 0.3 is 0 Å². The van der Waals surface area contributed by atoms with Crippen LogP contribution in [0, 0.1) is 13.8 Å². The molecule has 0 spiro atoms. The molecule has 0 aliphatic heterocycles. The highest BCUT2D eigenvalue weighted by atomic mass is 16.3. The molecular formula is C13H17NO2. The number of hydrogen-bond donors (Lipinski definition) is 2. The Labute approximate surface area is 95.1 Å². The van der Waals surface area contributed by atoms with Gasteiger partial charge in [-0.1, -0.05) is 18.2 Å². The molecular weight excluding hydrogens is 202 g/mol. The van der Waals surface area contributed by atoms with E-state index >= 15 is 0 Å². The number of aryl methyl sites for hydroxylation is 2. The third-order valence-electron chi connectivity index (χ3n) is 2.99. The second kappa shape index (κ2) is 4.28. The van der Waals surface area contributed by atoms with E-state index in [1.165, 1.54) is 0 Å². The van der Waals surface area contributed by atoms with Crippen LogP contribution in [0.2, 0.25) is 0 Å². The van der Waals surface area contributed by atoms with E-state index in [1.807, 2.05) is 39.1 Å². The standard InChI is InChI=1S/C13H17NO2/c1-8-9(2)16-13-10(8)5-4-6-11(13)12(15)7-14-3/h4-6,12,14-15H,7H2,1-3H3. The van der Waals surface area contributed by atoms with Crippen LogP contribution in [0.3, 0.4) is 0 Å². The summed E-state index contributed by atoms with van der Waals surface area (Å²) < 4.78 is 5.71. The number of fused-ring (bicyclic) bond motifs is 1. The minimum Gasteiger partial charge on any atom is -0.461 e. The third-order valence-corrected chi connectivity index (χ3v) is 2.99. The van der Waals surface area contributed by atoms with Gasteiger partial charge < -0.3 is 14.8 Å². The van der Waals surface area contributed by atoms with Crippen molar-refractivity contribution in [2.45, 2.75) is 20.0 Å². The fraction of sp³-hybridized carbons (Fsp3) is 0.385. The van der Waals surface area contributed by atoms with Crippen molar-refractivity contribution in [3.05, 3.63) is 35.1 Å². The Balaban J connectivity index is 2.58. The summed E-state index contributed by atoms with van der Waals surface area (Å²) in [4.78, 5) is 0. The van der Waals surface area contributed by atoms with Crippen LogP contribution in [0.1, 0.15) is 23.0 Å². The van der Waals surface area contributed by atoms with Crippen molar-refractivity contribution >= 4 is 11.0 Å². The molecule has 0 bridgehead atoms. The van der Waals surface area contributed by atoms with Gasteiger partial charge in [-0.2, -0.15) is 0 Å². The van der Waals surface area contributed by atoms with Gasteiger partial charge in [0.1, 0.15) is 11.3 Å². The van der Waals surface area contributed by atoms with Gasteiger partial charge in [0.25, 0.3) is 0 Å². The van der Waals surface area contributed by atoms with Gasteiger partial charge in [-0.3, -0.25) is 0 Å². The highest BCUT2D eigenvalue weighted by molar-refractivity contribution is 5.85. The lowest BCUT2D eigenvalue weighted by molar-refractivity contribution is 0.178. The average Bonchev–Trinajstić information content (AvgIpc) is 2.55. The summed E-state index contributed by atoms with van der Waals surface area (Å²) >= 11 is 0. The smallest absolute Gasteiger partial charge is 0.140 e. The van der Waals surface area contributed by atoms with Crippen molar-refractivity contribution < 1.29 is 9.52 Å². The van der Waals surface area contributed by atoms with Crippen LogP contribution in [0.15, 0.2) is 22.6 Å². The Morgan fingerprint density at radius 2 is 2.12 bits per heavy atom. The Hall–Kier alpha value is -1.32. The quantitative estimate of drug-likeness (QED) is 0.832. The highest BCUT2D eigenvalue weighted by Gasteiger charge is 2.15. The van der Waals surface area contributed by atoms with Crippen LogP contribution in [0.25, 0.3) is 11.0 Å². The molecule has 1 unspecified atom stereocenters. The second-order valence-corrected chi connectivity index (χ2v) is 4.08. The largest absolute Gasteiger partial charge is 0.461 e. The fourth-order valence-corrected chi connectivity index (χ4v) is 1.95. The van der Waals surface area contributed by atoms with Gasteiger partial charge in [-0.25, -0.2) is 0 Å². The summed E-state index contributed by atoms with van der Waals surface area (Å²) in [6.07, 6.45) is -0.529. The van der Waals surface area contributed by atoms with Crippen molar-refractivity contribution in [1.29, 1.82) is 0 Å². The minimum absolute atomic E-state index is 0.526. The average molecular weight is 219 g/mol. The van der Waals surface area contributed by atoms with Crippen molar-refractivity contribution in [2.24, 2.45) is 0 Å². The molecule has 2 aromatic rings. The molecule has 86 valence electrons. The van der Waals surface area contributed by atoms with Gasteiger partial charge in [0, 0.05) is 17.5 Å². The van der Waals surface area contributed by atoms with Gasteiger partial charge in [0.05, 0.1) is 6.10 Å². The van der Waals surface area contributed by atoms with E-state index < -0.39 is 6.10 Å².